The highest BCUT2D eigenvalue weighted by Crippen LogP contribution is 2.33. The van der Waals surface area contributed by atoms with E-state index in [0.29, 0.717) is 5.92 Å². The van der Waals surface area contributed by atoms with E-state index in [4.69, 9.17) is 4.74 Å². The summed E-state index contributed by atoms with van der Waals surface area (Å²) in [5.41, 5.74) is 3.05. The van der Waals surface area contributed by atoms with Crippen molar-refractivity contribution in [1.82, 2.24) is 4.90 Å². The number of hydrogen-bond donors (Lipinski definition) is 0. The van der Waals surface area contributed by atoms with Crippen molar-refractivity contribution in [2.75, 3.05) is 26.7 Å². The molecule has 1 saturated heterocycles. The Bertz CT molecular complexity index is 486. The van der Waals surface area contributed by atoms with E-state index in [0.717, 1.165) is 26.1 Å². The van der Waals surface area contributed by atoms with Crippen molar-refractivity contribution >= 4 is 5.97 Å². The summed E-state index contributed by atoms with van der Waals surface area (Å²) in [6.07, 6.45) is 4.73. The standard InChI is InChI=1S/C17H23NO2/c1-20-17(19)15-9-10-18(12-15)11-14-7-4-6-13-5-2-3-8-16(13)14/h2-3,5,8,14-15H,4,6-7,9-12H2,1H3. The van der Waals surface area contributed by atoms with Gasteiger partial charge in [-0.2, -0.15) is 0 Å². The molecule has 1 aliphatic carbocycles. The second-order valence-electron chi connectivity index (χ2n) is 6.06. The lowest BCUT2D eigenvalue weighted by atomic mass is 9.82. The number of nitrogens with zero attached hydrogens (tertiary/aromatic N) is 1. The van der Waals surface area contributed by atoms with Gasteiger partial charge in [0, 0.05) is 13.1 Å². The molecule has 0 amide bonds. The first-order chi connectivity index (χ1) is 9.78. The van der Waals surface area contributed by atoms with Gasteiger partial charge in [-0.1, -0.05) is 24.3 Å². The number of benzene rings is 1. The summed E-state index contributed by atoms with van der Waals surface area (Å²) in [7, 11) is 1.49. The first-order valence-electron chi connectivity index (χ1n) is 7.66. The highest BCUT2D eigenvalue weighted by Gasteiger charge is 2.31. The molecule has 108 valence electrons. The minimum absolute atomic E-state index is 0.0449. The third-order valence-corrected chi connectivity index (χ3v) is 4.78. The fourth-order valence-electron chi connectivity index (χ4n) is 3.71. The number of fused-ring (bicyclic) bond motifs is 1. The van der Waals surface area contributed by atoms with E-state index in [-0.39, 0.29) is 11.9 Å². The van der Waals surface area contributed by atoms with Crippen LogP contribution < -0.4 is 0 Å². The Hall–Kier alpha value is -1.35. The third-order valence-electron chi connectivity index (χ3n) is 4.78. The molecule has 3 nitrogen and oxygen atoms in total. The van der Waals surface area contributed by atoms with E-state index in [1.54, 1.807) is 0 Å². The molecule has 0 spiro atoms. The molecule has 0 N–H and O–H groups in total. The fraction of sp³-hybridized carbons (Fsp3) is 0.588. The van der Waals surface area contributed by atoms with Gasteiger partial charge in [-0.15, -0.1) is 0 Å². The van der Waals surface area contributed by atoms with Gasteiger partial charge in [-0.05, 0) is 49.3 Å². The lowest BCUT2D eigenvalue weighted by molar-refractivity contribution is -0.144. The Labute approximate surface area is 120 Å². The molecule has 1 aromatic carbocycles. The van der Waals surface area contributed by atoms with E-state index in [2.05, 4.69) is 29.2 Å². The molecule has 1 fully saturated rings. The number of carbonyl (C=O) groups excluding carboxylic acids is 1. The molecule has 20 heavy (non-hydrogen) atoms. The summed E-state index contributed by atoms with van der Waals surface area (Å²) in [6, 6.07) is 8.85. The molecule has 0 radical (unpaired) electrons. The maximum Gasteiger partial charge on any atom is 0.310 e. The number of methoxy groups -OCH3 is 1. The number of rotatable bonds is 3. The molecule has 1 aromatic rings. The fourth-order valence-corrected chi connectivity index (χ4v) is 3.71. The molecule has 2 unspecified atom stereocenters. The van der Waals surface area contributed by atoms with Crippen LogP contribution in [0, 0.1) is 5.92 Å². The quantitative estimate of drug-likeness (QED) is 0.793. The molecule has 2 aliphatic rings. The first kappa shape index (κ1) is 13.6. The molecule has 1 aliphatic heterocycles. The van der Waals surface area contributed by atoms with Crippen LogP contribution in [-0.4, -0.2) is 37.6 Å². The van der Waals surface area contributed by atoms with Crippen LogP contribution in [0.4, 0.5) is 0 Å². The zero-order valence-electron chi connectivity index (χ0n) is 12.2. The number of carbonyl (C=O) groups is 1. The number of hydrogen-bond acceptors (Lipinski definition) is 3. The van der Waals surface area contributed by atoms with Crippen LogP contribution in [0.2, 0.25) is 0 Å². The van der Waals surface area contributed by atoms with Crippen LogP contribution in [0.25, 0.3) is 0 Å². The normalized spacial score (nSPS) is 26.2. The van der Waals surface area contributed by atoms with E-state index in [9.17, 15) is 4.79 Å². The number of likely N-dealkylation sites (tertiary alicyclic amines) is 1. The van der Waals surface area contributed by atoms with Crippen molar-refractivity contribution in [2.45, 2.75) is 31.6 Å². The van der Waals surface area contributed by atoms with Crippen molar-refractivity contribution < 1.29 is 9.53 Å². The molecule has 3 rings (SSSR count). The third kappa shape index (κ3) is 2.73. The molecule has 0 aromatic heterocycles. The molecule has 0 saturated carbocycles. The van der Waals surface area contributed by atoms with Crippen LogP contribution in [0.15, 0.2) is 24.3 Å². The molecule has 2 atom stereocenters. The maximum atomic E-state index is 11.6. The Morgan fingerprint density at radius 1 is 1.35 bits per heavy atom. The Balaban J connectivity index is 1.64. The summed E-state index contributed by atoms with van der Waals surface area (Å²) in [5, 5.41) is 0. The highest BCUT2D eigenvalue weighted by atomic mass is 16.5. The largest absolute Gasteiger partial charge is 0.469 e. The Morgan fingerprint density at radius 2 is 2.20 bits per heavy atom. The van der Waals surface area contributed by atoms with Crippen LogP contribution in [0.5, 0.6) is 0 Å². The summed E-state index contributed by atoms with van der Waals surface area (Å²) in [4.78, 5) is 14.0. The maximum absolute atomic E-state index is 11.6. The predicted octanol–water partition coefficient (Wildman–Crippen LogP) is 2.60. The summed E-state index contributed by atoms with van der Waals surface area (Å²) in [6.45, 7) is 2.98. The van der Waals surface area contributed by atoms with Crippen LogP contribution in [-0.2, 0) is 16.0 Å². The summed E-state index contributed by atoms with van der Waals surface area (Å²) < 4.78 is 4.86. The number of aryl methyl sites for hydroxylation is 1. The molecule has 1 heterocycles. The molecule has 0 bridgehead atoms. The van der Waals surface area contributed by atoms with E-state index < -0.39 is 0 Å². The zero-order chi connectivity index (χ0) is 13.9. The summed E-state index contributed by atoms with van der Waals surface area (Å²) >= 11 is 0. The minimum Gasteiger partial charge on any atom is -0.469 e. The Morgan fingerprint density at radius 3 is 3.05 bits per heavy atom. The molecule has 3 heteroatoms. The van der Waals surface area contributed by atoms with Crippen molar-refractivity contribution in [3.63, 3.8) is 0 Å². The lowest BCUT2D eigenvalue weighted by Gasteiger charge is -2.29. The first-order valence-corrected chi connectivity index (χ1v) is 7.66. The average Bonchev–Trinajstić information content (AvgIpc) is 2.95. The van der Waals surface area contributed by atoms with Crippen LogP contribution in [0.3, 0.4) is 0 Å². The van der Waals surface area contributed by atoms with E-state index in [1.807, 2.05) is 0 Å². The minimum atomic E-state index is -0.0449. The van der Waals surface area contributed by atoms with Gasteiger partial charge in [0.1, 0.15) is 0 Å². The zero-order valence-corrected chi connectivity index (χ0v) is 12.2. The van der Waals surface area contributed by atoms with Gasteiger partial charge in [0.2, 0.25) is 0 Å². The highest BCUT2D eigenvalue weighted by molar-refractivity contribution is 5.72. The van der Waals surface area contributed by atoms with Crippen molar-refractivity contribution in [3.05, 3.63) is 35.4 Å². The lowest BCUT2D eigenvalue weighted by Crippen LogP contribution is -2.29. The van der Waals surface area contributed by atoms with Crippen molar-refractivity contribution in [1.29, 1.82) is 0 Å². The topological polar surface area (TPSA) is 29.5 Å². The molecular formula is C17H23NO2. The van der Waals surface area contributed by atoms with Gasteiger partial charge in [-0.3, -0.25) is 4.79 Å². The van der Waals surface area contributed by atoms with Gasteiger partial charge in [0.15, 0.2) is 0 Å². The van der Waals surface area contributed by atoms with Gasteiger partial charge in [0.25, 0.3) is 0 Å². The second-order valence-corrected chi connectivity index (χ2v) is 6.06. The Kier molecular flexibility index (Phi) is 4.06. The average molecular weight is 273 g/mol. The van der Waals surface area contributed by atoms with Gasteiger partial charge < -0.3 is 9.64 Å². The smallest absolute Gasteiger partial charge is 0.310 e. The van der Waals surface area contributed by atoms with Gasteiger partial charge in [-0.25, -0.2) is 0 Å². The summed E-state index contributed by atoms with van der Waals surface area (Å²) in [5.74, 6) is 0.673. The number of ether oxygens (including phenoxy) is 1. The van der Waals surface area contributed by atoms with Gasteiger partial charge >= 0.3 is 5.97 Å². The van der Waals surface area contributed by atoms with Crippen molar-refractivity contribution in [2.24, 2.45) is 5.92 Å². The van der Waals surface area contributed by atoms with Gasteiger partial charge in [0.05, 0.1) is 13.0 Å². The van der Waals surface area contributed by atoms with Crippen molar-refractivity contribution in [3.8, 4) is 0 Å². The van der Waals surface area contributed by atoms with Crippen LogP contribution in [0.1, 0.15) is 36.3 Å². The van der Waals surface area contributed by atoms with E-state index >= 15 is 0 Å². The van der Waals surface area contributed by atoms with E-state index in [1.165, 1.54) is 37.5 Å². The van der Waals surface area contributed by atoms with Crippen LogP contribution >= 0.6 is 0 Å². The SMILES string of the molecule is COC(=O)C1CCN(CC2CCCc3ccccc32)C1. The number of esters is 1. The predicted molar refractivity (Wildman–Crippen MR) is 78.7 cm³/mol. The second kappa shape index (κ2) is 5.96. The molecular weight excluding hydrogens is 250 g/mol. The monoisotopic (exact) mass is 273 g/mol.